The molecule has 0 saturated heterocycles. The number of hydrogen-bond donors (Lipinski definition) is 2. The highest BCUT2D eigenvalue weighted by atomic mass is 16.5. The number of nitrogens with zero attached hydrogens (tertiary/aromatic N) is 2. The third kappa shape index (κ3) is 2.86. The number of hydrogen-bond acceptors (Lipinski definition) is 4. The second-order valence-electron chi connectivity index (χ2n) is 4.44. The molecule has 1 amide bonds. The number of carboxylic acids is 1. The fourth-order valence-electron chi connectivity index (χ4n) is 1.87. The Kier molecular flexibility index (Phi) is 3.93. The number of nitrogens with one attached hydrogen (secondary N) is 1. The van der Waals surface area contributed by atoms with E-state index in [9.17, 15) is 9.59 Å². The van der Waals surface area contributed by atoms with E-state index in [1.54, 1.807) is 18.7 Å². The van der Waals surface area contributed by atoms with Crippen molar-refractivity contribution in [2.24, 2.45) is 7.05 Å². The number of carbonyl (C=O) groups is 2. The van der Waals surface area contributed by atoms with Crippen LogP contribution in [0.15, 0.2) is 24.4 Å². The Bertz CT molecular complexity index is 706. The largest absolute Gasteiger partial charge is 0.496 e. The van der Waals surface area contributed by atoms with Gasteiger partial charge in [0.2, 0.25) is 0 Å². The molecule has 0 fully saturated rings. The van der Waals surface area contributed by atoms with Gasteiger partial charge in [0.05, 0.1) is 18.9 Å². The molecule has 1 aromatic carbocycles. The first-order valence-electron chi connectivity index (χ1n) is 6.15. The quantitative estimate of drug-likeness (QED) is 0.893. The molecule has 2 aromatic rings. The van der Waals surface area contributed by atoms with Crippen LogP contribution in [0, 0.1) is 6.92 Å². The highest BCUT2D eigenvalue weighted by Crippen LogP contribution is 2.23. The summed E-state index contributed by atoms with van der Waals surface area (Å²) in [5.41, 5.74) is 1.68. The molecular weight excluding hydrogens is 274 g/mol. The minimum absolute atomic E-state index is 0.0352. The molecule has 2 rings (SSSR count). The average molecular weight is 289 g/mol. The lowest BCUT2D eigenvalue weighted by molar-refractivity contribution is 0.0693. The van der Waals surface area contributed by atoms with Crippen LogP contribution in [0.2, 0.25) is 0 Å². The Morgan fingerprint density at radius 2 is 2.05 bits per heavy atom. The van der Waals surface area contributed by atoms with Crippen molar-refractivity contribution in [2.75, 3.05) is 12.4 Å². The van der Waals surface area contributed by atoms with Crippen LogP contribution in [-0.4, -0.2) is 33.9 Å². The summed E-state index contributed by atoms with van der Waals surface area (Å²) in [4.78, 5) is 23.1. The number of anilines is 1. The van der Waals surface area contributed by atoms with Crippen molar-refractivity contribution in [3.8, 4) is 5.75 Å². The maximum Gasteiger partial charge on any atom is 0.339 e. The topological polar surface area (TPSA) is 93.5 Å². The molecule has 0 unspecified atom stereocenters. The zero-order valence-electron chi connectivity index (χ0n) is 11.9. The molecule has 1 heterocycles. The van der Waals surface area contributed by atoms with E-state index in [0.717, 1.165) is 5.69 Å². The van der Waals surface area contributed by atoms with Crippen LogP contribution >= 0.6 is 0 Å². The van der Waals surface area contributed by atoms with Crippen LogP contribution in [0.1, 0.15) is 26.4 Å². The maximum atomic E-state index is 12.1. The van der Waals surface area contributed by atoms with E-state index < -0.39 is 5.97 Å². The number of rotatable bonds is 4. The Hall–Kier alpha value is -2.83. The van der Waals surface area contributed by atoms with Gasteiger partial charge in [0.25, 0.3) is 5.91 Å². The summed E-state index contributed by atoms with van der Waals surface area (Å²) in [7, 11) is 3.12. The van der Waals surface area contributed by atoms with Crippen LogP contribution in [0.3, 0.4) is 0 Å². The number of ether oxygens (including phenoxy) is 1. The average Bonchev–Trinajstić information content (AvgIpc) is 2.78. The van der Waals surface area contributed by atoms with E-state index in [-0.39, 0.29) is 17.2 Å². The van der Waals surface area contributed by atoms with Crippen LogP contribution < -0.4 is 10.1 Å². The van der Waals surface area contributed by atoms with Gasteiger partial charge in [-0.1, -0.05) is 0 Å². The smallest absolute Gasteiger partial charge is 0.339 e. The van der Waals surface area contributed by atoms with Crippen molar-refractivity contribution in [3.63, 3.8) is 0 Å². The van der Waals surface area contributed by atoms with Gasteiger partial charge in [-0.2, -0.15) is 5.10 Å². The van der Waals surface area contributed by atoms with Crippen molar-refractivity contribution in [1.29, 1.82) is 0 Å². The number of carbonyl (C=O) groups excluding carboxylic acids is 1. The van der Waals surface area contributed by atoms with E-state index >= 15 is 0 Å². The van der Waals surface area contributed by atoms with Gasteiger partial charge in [-0.25, -0.2) is 4.79 Å². The fourth-order valence-corrected chi connectivity index (χ4v) is 1.87. The van der Waals surface area contributed by atoms with E-state index in [4.69, 9.17) is 9.84 Å². The normalized spacial score (nSPS) is 10.2. The third-order valence-corrected chi connectivity index (χ3v) is 3.17. The molecule has 0 aliphatic heterocycles. The van der Waals surface area contributed by atoms with Crippen molar-refractivity contribution in [3.05, 3.63) is 41.2 Å². The molecule has 0 saturated carbocycles. The van der Waals surface area contributed by atoms with Crippen molar-refractivity contribution >= 4 is 17.6 Å². The maximum absolute atomic E-state index is 12.1. The minimum Gasteiger partial charge on any atom is -0.496 e. The number of benzene rings is 1. The first-order valence-corrected chi connectivity index (χ1v) is 6.15. The molecule has 0 bridgehead atoms. The lowest BCUT2D eigenvalue weighted by atomic mass is 10.1. The number of methoxy groups -OCH3 is 1. The zero-order valence-corrected chi connectivity index (χ0v) is 11.9. The van der Waals surface area contributed by atoms with Crippen LogP contribution in [0.5, 0.6) is 5.75 Å². The van der Waals surface area contributed by atoms with Gasteiger partial charge < -0.3 is 15.2 Å². The van der Waals surface area contributed by atoms with E-state index in [1.807, 2.05) is 0 Å². The summed E-state index contributed by atoms with van der Waals surface area (Å²) >= 11 is 0. The Morgan fingerprint density at radius 1 is 1.33 bits per heavy atom. The third-order valence-electron chi connectivity index (χ3n) is 3.17. The SMILES string of the molecule is COc1cc(NC(=O)c2cnn(C)c2C)ccc1C(=O)O. The van der Waals surface area contributed by atoms with Crippen LogP contribution in [-0.2, 0) is 7.05 Å². The van der Waals surface area contributed by atoms with Crippen molar-refractivity contribution < 1.29 is 19.4 Å². The molecule has 21 heavy (non-hydrogen) atoms. The molecular formula is C14H15N3O4. The number of amides is 1. The van der Waals surface area contributed by atoms with Crippen LogP contribution in [0.4, 0.5) is 5.69 Å². The Morgan fingerprint density at radius 3 is 2.57 bits per heavy atom. The summed E-state index contributed by atoms with van der Waals surface area (Å²) in [5.74, 6) is -1.22. The molecule has 0 atom stereocenters. The van der Waals surface area contributed by atoms with Crippen molar-refractivity contribution in [1.82, 2.24) is 9.78 Å². The molecule has 0 spiro atoms. The standard InChI is InChI=1S/C14H15N3O4/c1-8-11(7-15-17(8)2)13(18)16-9-4-5-10(14(19)20)12(6-9)21-3/h4-7H,1-3H3,(H,16,18)(H,19,20). The Labute approximate surface area is 121 Å². The van der Waals surface area contributed by atoms with Gasteiger partial charge in [-0.15, -0.1) is 0 Å². The number of aryl methyl sites for hydroxylation is 1. The fraction of sp³-hybridized carbons (Fsp3) is 0.214. The molecule has 0 aliphatic carbocycles. The molecule has 110 valence electrons. The number of aromatic carboxylic acids is 1. The van der Waals surface area contributed by atoms with Gasteiger partial charge in [0.1, 0.15) is 11.3 Å². The van der Waals surface area contributed by atoms with E-state index in [2.05, 4.69) is 10.4 Å². The predicted octanol–water partition coefficient (Wildman–Crippen LogP) is 1.69. The lowest BCUT2D eigenvalue weighted by Crippen LogP contribution is -2.13. The zero-order chi connectivity index (χ0) is 15.6. The monoisotopic (exact) mass is 289 g/mol. The summed E-state index contributed by atoms with van der Waals surface area (Å²) in [6.45, 7) is 1.79. The summed E-state index contributed by atoms with van der Waals surface area (Å²) < 4.78 is 6.61. The number of carboxylic acid groups (broad SMARTS) is 1. The first-order chi connectivity index (χ1) is 9.93. The molecule has 1 aromatic heterocycles. The second-order valence-corrected chi connectivity index (χ2v) is 4.44. The molecule has 7 heteroatoms. The Balaban J connectivity index is 2.26. The molecule has 2 N–H and O–H groups in total. The number of aromatic nitrogens is 2. The summed E-state index contributed by atoms with van der Waals surface area (Å²) in [5, 5.41) is 15.7. The summed E-state index contributed by atoms with van der Waals surface area (Å²) in [6.07, 6.45) is 1.48. The predicted molar refractivity (Wildman–Crippen MR) is 75.9 cm³/mol. The highest BCUT2D eigenvalue weighted by Gasteiger charge is 2.15. The highest BCUT2D eigenvalue weighted by molar-refractivity contribution is 6.05. The minimum atomic E-state index is -1.09. The molecule has 0 radical (unpaired) electrons. The second kappa shape index (κ2) is 5.66. The van der Waals surface area contributed by atoms with Gasteiger partial charge >= 0.3 is 5.97 Å². The lowest BCUT2D eigenvalue weighted by Gasteiger charge is -2.09. The summed E-state index contributed by atoms with van der Waals surface area (Å²) in [6, 6.07) is 4.36. The first kappa shape index (κ1) is 14.6. The van der Waals surface area contributed by atoms with Gasteiger partial charge in [0.15, 0.2) is 0 Å². The van der Waals surface area contributed by atoms with E-state index in [1.165, 1.54) is 31.5 Å². The van der Waals surface area contributed by atoms with Gasteiger partial charge in [-0.3, -0.25) is 9.48 Å². The van der Waals surface area contributed by atoms with Gasteiger partial charge in [0, 0.05) is 24.5 Å². The molecule has 7 nitrogen and oxygen atoms in total. The van der Waals surface area contributed by atoms with Crippen molar-refractivity contribution in [2.45, 2.75) is 6.92 Å². The van der Waals surface area contributed by atoms with E-state index in [0.29, 0.717) is 11.3 Å². The van der Waals surface area contributed by atoms with Gasteiger partial charge in [-0.05, 0) is 19.1 Å². The van der Waals surface area contributed by atoms with Crippen LogP contribution in [0.25, 0.3) is 0 Å². The molecule has 0 aliphatic rings.